The third-order valence-electron chi connectivity index (χ3n) is 4.17. The molecule has 0 radical (unpaired) electrons. The smallest absolute Gasteiger partial charge is 0.0501 e. The number of nitrogens with zero attached hydrogens (tertiary/aromatic N) is 1. The topological polar surface area (TPSA) is 15.3 Å². The molecule has 1 N–H and O–H groups in total. The molecule has 2 atom stereocenters. The average Bonchev–Trinajstić information content (AvgIpc) is 2.56. The van der Waals surface area contributed by atoms with Crippen LogP contribution in [0.3, 0.4) is 0 Å². The van der Waals surface area contributed by atoms with E-state index in [1.54, 1.807) is 0 Å². The van der Waals surface area contributed by atoms with Crippen LogP contribution in [0.5, 0.6) is 0 Å². The van der Waals surface area contributed by atoms with E-state index in [-0.39, 0.29) is 0 Å². The van der Waals surface area contributed by atoms with Gasteiger partial charge in [-0.2, -0.15) is 0 Å². The number of hydrogen-bond acceptors (Lipinski definition) is 2. The Morgan fingerprint density at radius 3 is 2.05 bits per heavy atom. The summed E-state index contributed by atoms with van der Waals surface area (Å²) in [4.78, 5) is 2.42. The van der Waals surface area contributed by atoms with Crippen LogP contribution in [0.1, 0.15) is 24.1 Å². The zero-order valence-corrected chi connectivity index (χ0v) is 13.3. The van der Waals surface area contributed by atoms with Crippen LogP contribution in [0.4, 0.5) is 0 Å². The molecule has 2 rings (SSSR count). The normalized spacial score (nSPS) is 14.1. The fourth-order valence-corrected chi connectivity index (χ4v) is 2.88. The molecule has 2 aromatic rings. The largest absolute Gasteiger partial charge is 0.315 e. The van der Waals surface area contributed by atoms with Crippen LogP contribution in [0.2, 0.25) is 0 Å². The Labute approximate surface area is 128 Å². The van der Waals surface area contributed by atoms with E-state index in [9.17, 15) is 0 Å². The fourth-order valence-electron chi connectivity index (χ4n) is 2.88. The van der Waals surface area contributed by atoms with E-state index in [4.69, 9.17) is 0 Å². The molecule has 0 spiro atoms. The molecule has 0 aromatic heterocycles. The first-order chi connectivity index (χ1) is 10.3. The summed E-state index contributed by atoms with van der Waals surface area (Å²) in [5.74, 6) is 0. The lowest BCUT2D eigenvalue weighted by Crippen LogP contribution is -2.42. The fraction of sp³-hybridized carbons (Fsp3) is 0.368. The summed E-state index contributed by atoms with van der Waals surface area (Å²) in [6.45, 7) is 3.25. The molecule has 0 aliphatic carbocycles. The van der Waals surface area contributed by atoms with Crippen molar-refractivity contribution >= 4 is 0 Å². The van der Waals surface area contributed by atoms with Crippen LogP contribution in [-0.4, -0.2) is 31.6 Å². The van der Waals surface area contributed by atoms with Gasteiger partial charge in [0.1, 0.15) is 0 Å². The molecule has 0 aliphatic rings. The Morgan fingerprint density at radius 1 is 0.952 bits per heavy atom. The molecule has 0 saturated carbocycles. The monoisotopic (exact) mass is 282 g/mol. The van der Waals surface area contributed by atoms with E-state index in [1.165, 1.54) is 11.1 Å². The van der Waals surface area contributed by atoms with E-state index in [2.05, 4.69) is 91.9 Å². The minimum atomic E-state index is 0.376. The van der Waals surface area contributed by atoms with Gasteiger partial charge in [0.25, 0.3) is 0 Å². The lowest BCUT2D eigenvalue weighted by Gasteiger charge is -2.34. The van der Waals surface area contributed by atoms with Crippen molar-refractivity contribution in [1.29, 1.82) is 0 Å². The van der Waals surface area contributed by atoms with Gasteiger partial charge in [-0.05, 0) is 38.2 Å². The van der Waals surface area contributed by atoms with Crippen molar-refractivity contribution in [3.05, 3.63) is 71.8 Å². The molecular formula is C19H26N2. The van der Waals surface area contributed by atoms with Gasteiger partial charge in [0, 0.05) is 6.04 Å². The Morgan fingerprint density at radius 2 is 1.52 bits per heavy atom. The number of nitrogens with one attached hydrogen (secondary N) is 1. The quantitative estimate of drug-likeness (QED) is 0.836. The first-order valence-electron chi connectivity index (χ1n) is 7.72. The lowest BCUT2D eigenvalue weighted by molar-refractivity contribution is 0.205. The summed E-state index contributed by atoms with van der Waals surface area (Å²) in [5.41, 5.74) is 2.75. The maximum Gasteiger partial charge on any atom is 0.0501 e. The van der Waals surface area contributed by atoms with Crippen LogP contribution in [0, 0.1) is 0 Å². The molecule has 2 nitrogen and oxygen atoms in total. The van der Waals surface area contributed by atoms with Gasteiger partial charge in [-0.25, -0.2) is 0 Å². The predicted octanol–water partition coefficient (Wildman–Crippen LogP) is 3.51. The number of benzene rings is 2. The third-order valence-corrected chi connectivity index (χ3v) is 4.17. The Bertz CT molecular complexity index is 510. The molecule has 0 saturated heterocycles. The Hall–Kier alpha value is -1.64. The first-order valence-corrected chi connectivity index (χ1v) is 7.72. The molecule has 2 heteroatoms. The molecule has 2 unspecified atom stereocenters. The van der Waals surface area contributed by atoms with Crippen LogP contribution < -0.4 is 5.32 Å². The molecule has 0 heterocycles. The van der Waals surface area contributed by atoms with Crippen molar-refractivity contribution in [3.8, 4) is 0 Å². The molecular weight excluding hydrogens is 256 g/mol. The SMILES string of the molecule is CCN(C)C(c1ccccc1)C(Cc1ccccc1)NC. The zero-order valence-electron chi connectivity index (χ0n) is 13.3. The van der Waals surface area contributed by atoms with Crippen LogP contribution >= 0.6 is 0 Å². The molecule has 112 valence electrons. The van der Waals surface area contributed by atoms with E-state index in [0.717, 1.165) is 13.0 Å². The average molecular weight is 282 g/mol. The van der Waals surface area contributed by atoms with Crippen molar-refractivity contribution in [2.24, 2.45) is 0 Å². The second kappa shape index (κ2) is 7.96. The highest BCUT2D eigenvalue weighted by atomic mass is 15.2. The van der Waals surface area contributed by atoms with Gasteiger partial charge in [-0.15, -0.1) is 0 Å². The van der Waals surface area contributed by atoms with E-state index in [0.29, 0.717) is 12.1 Å². The summed E-state index contributed by atoms with van der Waals surface area (Å²) < 4.78 is 0. The second-order valence-electron chi connectivity index (χ2n) is 5.51. The van der Waals surface area contributed by atoms with Crippen molar-refractivity contribution in [2.75, 3.05) is 20.6 Å². The first kappa shape index (κ1) is 15.7. The standard InChI is InChI=1S/C19H26N2/c1-4-21(3)19(17-13-9-6-10-14-17)18(20-2)15-16-11-7-5-8-12-16/h5-14,18-20H,4,15H2,1-3H3. The van der Waals surface area contributed by atoms with Crippen LogP contribution in [0.15, 0.2) is 60.7 Å². The molecule has 0 fully saturated rings. The van der Waals surface area contributed by atoms with Crippen LogP contribution in [0.25, 0.3) is 0 Å². The predicted molar refractivity (Wildman–Crippen MR) is 90.5 cm³/mol. The third kappa shape index (κ3) is 4.16. The van der Waals surface area contributed by atoms with E-state index in [1.807, 2.05) is 0 Å². The molecule has 21 heavy (non-hydrogen) atoms. The van der Waals surface area contributed by atoms with Gasteiger partial charge in [0.15, 0.2) is 0 Å². The number of rotatable bonds is 7. The lowest BCUT2D eigenvalue weighted by atomic mass is 9.93. The van der Waals surface area contributed by atoms with Crippen molar-refractivity contribution in [1.82, 2.24) is 10.2 Å². The molecule has 0 amide bonds. The maximum absolute atomic E-state index is 3.52. The Balaban J connectivity index is 2.25. The number of hydrogen-bond donors (Lipinski definition) is 1. The minimum Gasteiger partial charge on any atom is -0.315 e. The second-order valence-corrected chi connectivity index (χ2v) is 5.51. The molecule has 2 aromatic carbocycles. The van der Waals surface area contributed by atoms with Gasteiger partial charge in [0.05, 0.1) is 6.04 Å². The highest BCUT2D eigenvalue weighted by Crippen LogP contribution is 2.25. The summed E-state index contributed by atoms with van der Waals surface area (Å²) in [6, 6.07) is 22.3. The maximum atomic E-state index is 3.52. The van der Waals surface area contributed by atoms with Gasteiger partial charge in [0.2, 0.25) is 0 Å². The summed E-state index contributed by atoms with van der Waals surface area (Å²) in [5, 5.41) is 3.52. The van der Waals surface area contributed by atoms with E-state index < -0.39 is 0 Å². The highest BCUT2D eigenvalue weighted by molar-refractivity contribution is 5.23. The van der Waals surface area contributed by atoms with Gasteiger partial charge < -0.3 is 5.32 Å². The van der Waals surface area contributed by atoms with E-state index >= 15 is 0 Å². The van der Waals surface area contributed by atoms with Crippen LogP contribution in [-0.2, 0) is 6.42 Å². The zero-order chi connectivity index (χ0) is 15.1. The van der Waals surface area contributed by atoms with Gasteiger partial charge in [-0.3, -0.25) is 4.90 Å². The highest BCUT2D eigenvalue weighted by Gasteiger charge is 2.25. The van der Waals surface area contributed by atoms with Gasteiger partial charge in [-0.1, -0.05) is 67.6 Å². The number of likely N-dealkylation sites (N-methyl/N-ethyl adjacent to an activating group) is 2. The Kier molecular flexibility index (Phi) is 5.97. The summed E-state index contributed by atoms with van der Waals surface area (Å²) in [7, 11) is 4.26. The summed E-state index contributed by atoms with van der Waals surface area (Å²) in [6.07, 6.45) is 1.03. The van der Waals surface area contributed by atoms with Crippen molar-refractivity contribution in [2.45, 2.75) is 25.4 Å². The summed E-state index contributed by atoms with van der Waals surface area (Å²) >= 11 is 0. The van der Waals surface area contributed by atoms with Crippen molar-refractivity contribution in [3.63, 3.8) is 0 Å². The minimum absolute atomic E-state index is 0.376. The van der Waals surface area contributed by atoms with Crippen molar-refractivity contribution < 1.29 is 0 Å². The molecule has 0 bridgehead atoms. The van der Waals surface area contributed by atoms with Gasteiger partial charge >= 0.3 is 0 Å². The molecule has 0 aliphatic heterocycles.